The Hall–Kier alpha value is -2.29. The number of carbonyl (C=O) groups excluding carboxylic acids is 1. The first kappa shape index (κ1) is 19.0. The number of hydrogen-bond acceptors (Lipinski definition) is 3. The zero-order valence-electron chi connectivity index (χ0n) is 14.0. The maximum Gasteiger partial charge on any atom is 0.261 e. The number of hydrogen-bond donors (Lipinski definition) is 1. The fraction of sp³-hybridized carbons (Fsp3) is 0.278. The largest absolute Gasteiger partial charge is 0.351 e. The fourth-order valence-electron chi connectivity index (χ4n) is 2.23. The van der Waals surface area contributed by atoms with Crippen molar-refractivity contribution < 1.29 is 4.79 Å². The average Bonchev–Trinajstić information content (AvgIpc) is 2.87. The minimum atomic E-state index is -0.420. The summed E-state index contributed by atoms with van der Waals surface area (Å²) in [4.78, 5) is 12.1. The van der Waals surface area contributed by atoms with Crippen LogP contribution in [0.4, 0.5) is 0 Å². The molecule has 0 aliphatic rings. The third-order valence-electron chi connectivity index (χ3n) is 3.60. The third-order valence-corrected chi connectivity index (χ3v) is 4.28. The lowest BCUT2D eigenvalue weighted by Gasteiger charge is -2.05. The monoisotopic (exact) mass is 376 g/mol. The molecule has 1 aromatic heterocycles. The molecular formula is C18H18Cl2N4O. The minimum Gasteiger partial charge on any atom is -0.351 e. The van der Waals surface area contributed by atoms with Crippen molar-refractivity contribution in [3.63, 3.8) is 0 Å². The molecule has 5 nitrogen and oxygen atoms in total. The minimum absolute atomic E-state index is 0.0141. The third kappa shape index (κ3) is 4.41. The number of aryl methyl sites for hydroxylation is 1. The number of halogens is 2. The first-order chi connectivity index (χ1) is 12.0. The van der Waals surface area contributed by atoms with Gasteiger partial charge in [0.25, 0.3) is 5.91 Å². The molecule has 0 unspecified atom stereocenters. The van der Waals surface area contributed by atoms with E-state index >= 15 is 0 Å². The lowest BCUT2D eigenvalue weighted by Crippen LogP contribution is -2.25. The van der Waals surface area contributed by atoms with Crippen molar-refractivity contribution in [2.75, 3.05) is 6.54 Å². The summed E-state index contributed by atoms with van der Waals surface area (Å²) >= 11 is 12.6. The second kappa shape index (κ2) is 8.70. The Kier molecular flexibility index (Phi) is 6.63. The molecule has 1 aromatic carbocycles. The summed E-state index contributed by atoms with van der Waals surface area (Å²) < 4.78 is 1.50. The zero-order valence-corrected chi connectivity index (χ0v) is 15.5. The van der Waals surface area contributed by atoms with Gasteiger partial charge in [0.2, 0.25) is 0 Å². The van der Waals surface area contributed by atoms with Crippen LogP contribution in [0.1, 0.15) is 31.0 Å². The molecule has 7 heteroatoms. The number of nitrogens with zero attached hydrogens (tertiary/aromatic N) is 3. The number of aromatic nitrogens is 2. The highest BCUT2D eigenvalue weighted by Gasteiger charge is 2.17. The van der Waals surface area contributed by atoms with Crippen LogP contribution in [0.25, 0.3) is 11.8 Å². The number of rotatable bonds is 6. The van der Waals surface area contributed by atoms with Crippen LogP contribution >= 0.6 is 23.2 Å². The SMILES string of the molecule is CCCCNC(=O)/C(C#N)=C/c1c(C)nn(-c2ccccc2Cl)c1Cl. The summed E-state index contributed by atoms with van der Waals surface area (Å²) in [5.41, 5.74) is 1.73. The number of benzene rings is 1. The van der Waals surface area contributed by atoms with Gasteiger partial charge in [0.15, 0.2) is 0 Å². The van der Waals surface area contributed by atoms with E-state index in [1.165, 1.54) is 10.8 Å². The van der Waals surface area contributed by atoms with Crippen LogP contribution in [-0.4, -0.2) is 22.2 Å². The summed E-state index contributed by atoms with van der Waals surface area (Å²) in [7, 11) is 0. The van der Waals surface area contributed by atoms with Gasteiger partial charge in [-0.2, -0.15) is 10.4 Å². The number of para-hydroxylation sites is 1. The van der Waals surface area contributed by atoms with Crippen LogP contribution in [0.3, 0.4) is 0 Å². The highest BCUT2D eigenvalue weighted by atomic mass is 35.5. The molecule has 1 amide bonds. The Morgan fingerprint density at radius 2 is 2.12 bits per heavy atom. The Bertz CT molecular complexity index is 849. The summed E-state index contributed by atoms with van der Waals surface area (Å²) in [6.45, 7) is 4.31. The van der Waals surface area contributed by atoms with Gasteiger partial charge in [-0.3, -0.25) is 4.79 Å². The molecule has 0 radical (unpaired) electrons. The Morgan fingerprint density at radius 1 is 1.40 bits per heavy atom. The van der Waals surface area contributed by atoms with Crippen LogP contribution in [0.15, 0.2) is 29.8 Å². The van der Waals surface area contributed by atoms with Crippen LogP contribution in [0.2, 0.25) is 10.2 Å². The number of nitrogens with one attached hydrogen (secondary N) is 1. The van der Waals surface area contributed by atoms with Gasteiger partial charge in [-0.25, -0.2) is 4.68 Å². The average molecular weight is 377 g/mol. The maximum absolute atomic E-state index is 12.1. The van der Waals surface area contributed by atoms with Gasteiger partial charge >= 0.3 is 0 Å². The predicted molar refractivity (Wildman–Crippen MR) is 99.8 cm³/mol. The molecular weight excluding hydrogens is 359 g/mol. The van der Waals surface area contributed by atoms with Crippen molar-refractivity contribution in [3.05, 3.63) is 51.3 Å². The van der Waals surface area contributed by atoms with Gasteiger partial charge in [0, 0.05) is 12.1 Å². The first-order valence-electron chi connectivity index (χ1n) is 7.89. The van der Waals surface area contributed by atoms with Crippen molar-refractivity contribution >= 4 is 35.2 Å². The molecule has 0 spiro atoms. The van der Waals surface area contributed by atoms with Crippen LogP contribution in [0, 0.1) is 18.3 Å². The molecule has 0 aliphatic heterocycles. The van der Waals surface area contributed by atoms with Gasteiger partial charge in [-0.1, -0.05) is 48.7 Å². The van der Waals surface area contributed by atoms with E-state index in [1.54, 1.807) is 19.1 Å². The van der Waals surface area contributed by atoms with E-state index in [2.05, 4.69) is 10.4 Å². The van der Waals surface area contributed by atoms with E-state index in [0.29, 0.717) is 33.7 Å². The smallest absolute Gasteiger partial charge is 0.261 e. The second-order valence-electron chi connectivity index (χ2n) is 5.43. The molecule has 25 heavy (non-hydrogen) atoms. The summed E-state index contributed by atoms with van der Waals surface area (Å²) in [6.07, 6.45) is 3.27. The van der Waals surface area contributed by atoms with Crippen molar-refractivity contribution in [2.45, 2.75) is 26.7 Å². The Morgan fingerprint density at radius 3 is 2.76 bits per heavy atom. The van der Waals surface area contributed by atoms with Crippen molar-refractivity contribution in [1.82, 2.24) is 15.1 Å². The molecule has 0 atom stereocenters. The molecule has 0 saturated heterocycles. The molecule has 2 rings (SSSR count). The fourth-order valence-corrected chi connectivity index (χ4v) is 2.76. The summed E-state index contributed by atoms with van der Waals surface area (Å²) in [6, 6.07) is 9.08. The topological polar surface area (TPSA) is 70.7 Å². The molecule has 1 heterocycles. The normalized spacial score (nSPS) is 11.2. The van der Waals surface area contributed by atoms with Crippen LogP contribution < -0.4 is 5.32 Å². The predicted octanol–water partition coefficient (Wildman–Crippen LogP) is 4.31. The van der Waals surface area contributed by atoms with Gasteiger partial charge in [0.05, 0.1) is 16.4 Å². The number of unbranched alkanes of at least 4 members (excludes halogenated alkanes) is 1. The highest BCUT2D eigenvalue weighted by Crippen LogP contribution is 2.28. The van der Waals surface area contributed by atoms with Gasteiger partial charge in [-0.05, 0) is 31.6 Å². The van der Waals surface area contributed by atoms with Crippen LogP contribution in [-0.2, 0) is 4.79 Å². The molecule has 1 N–H and O–H groups in total. The van der Waals surface area contributed by atoms with E-state index in [0.717, 1.165) is 12.8 Å². The molecule has 0 fully saturated rings. The molecule has 0 bridgehead atoms. The number of carbonyl (C=O) groups is 1. The molecule has 130 valence electrons. The lowest BCUT2D eigenvalue weighted by atomic mass is 10.1. The van der Waals surface area contributed by atoms with Gasteiger partial charge in [-0.15, -0.1) is 0 Å². The lowest BCUT2D eigenvalue weighted by molar-refractivity contribution is -0.117. The van der Waals surface area contributed by atoms with Crippen molar-refractivity contribution in [2.24, 2.45) is 0 Å². The van der Waals surface area contributed by atoms with E-state index < -0.39 is 5.91 Å². The summed E-state index contributed by atoms with van der Waals surface area (Å²) in [5, 5.41) is 17.2. The number of amides is 1. The first-order valence-corrected chi connectivity index (χ1v) is 8.65. The highest BCUT2D eigenvalue weighted by molar-refractivity contribution is 6.33. The molecule has 0 aliphatic carbocycles. The van der Waals surface area contributed by atoms with Crippen molar-refractivity contribution in [1.29, 1.82) is 5.26 Å². The Labute approximate surface area is 156 Å². The zero-order chi connectivity index (χ0) is 18.4. The van der Waals surface area contributed by atoms with Crippen molar-refractivity contribution in [3.8, 4) is 11.8 Å². The van der Waals surface area contributed by atoms with E-state index in [4.69, 9.17) is 23.2 Å². The van der Waals surface area contributed by atoms with Gasteiger partial charge < -0.3 is 5.32 Å². The van der Waals surface area contributed by atoms with E-state index in [-0.39, 0.29) is 5.57 Å². The molecule has 0 saturated carbocycles. The quantitative estimate of drug-likeness (QED) is 0.463. The standard InChI is InChI=1S/C18H18Cl2N4O/c1-3-4-9-22-18(25)13(11-21)10-14-12(2)23-24(17(14)20)16-8-6-5-7-15(16)19/h5-8,10H,3-4,9H2,1-2H3,(H,22,25)/b13-10+. The van der Waals surface area contributed by atoms with E-state index in [1.807, 2.05) is 25.1 Å². The van der Waals surface area contributed by atoms with Crippen LogP contribution in [0.5, 0.6) is 0 Å². The van der Waals surface area contributed by atoms with Gasteiger partial charge in [0.1, 0.15) is 16.8 Å². The number of nitriles is 1. The maximum atomic E-state index is 12.1. The molecule has 2 aromatic rings. The second-order valence-corrected chi connectivity index (χ2v) is 6.20. The summed E-state index contributed by atoms with van der Waals surface area (Å²) in [5.74, 6) is -0.420. The Balaban J connectivity index is 2.38. The van der Waals surface area contributed by atoms with E-state index in [9.17, 15) is 10.1 Å².